The Hall–Kier alpha value is -3.92. The maximum atomic E-state index is 9.75. The van der Waals surface area contributed by atoms with Gasteiger partial charge in [0.05, 0.1) is 0 Å². The van der Waals surface area contributed by atoms with E-state index in [1.807, 2.05) is 18.2 Å². The van der Waals surface area contributed by atoms with Crippen LogP contribution in [0.5, 0.6) is 0 Å². The average molecular weight is 506 g/mol. The van der Waals surface area contributed by atoms with E-state index in [2.05, 4.69) is 113 Å². The summed E-state index contributed by atoms with van der Waals surface area (Å²) < 4.78 is 0. The smallest absolute Gasteiger partial charge is 0.423 e. The molecule has 190 valence electrons. The first kappa shape index (κ1) is 24.1. The summed E-state index contributed by atoms with van der Waals surface area (Å²) in [6.45, 7) is 9.13. The Morgan fingerprint density at radius 1 is 0.436 bits per heavy atom. The summed E-state index contributed by atoms with van der Waals surface area (Å²) >= 11 is 0. The Balaban J connectivity index is 1.30. The first-order chi connectivity index (χ1) is 18.7. The Labute approximate surface area is 230 Å². The Kier molecular flexibility index (Phi) is 5.13. The highest BCUT2D eigenvalue weighted by Crippen LogP contribution is 2.52. The number of hydrogen-bond acceptors (Lipinski definition) is 2. The quantitative estimate of drug-likeness (QED) is 0.252. The molecule has 0 unspecified atom stereocenters. The maximum absolute atomic E-state index is 9.75. The van der Waals surface area contributed by atoms with E-state index in [1.54, 1.807) is 0 Å². The van der Waals surface area contributed by atoms with Gasteiger partial charge in [-0.2, -0.15) is 0 Å². The first-order valence-corrected chi connectivity index (χ1v) is 13.7. The van der Waals surface area contributed by atoms with Crippen molar-refractivity contribution < 1.29 is 10.0 Å². The van der Waals surface area contributed by atoms with Crippen LogP contribution in [0.2, 0.25) is 0 Å². The van der Waals surface area contributed by atoms with Gasteiger partial charge in [0.25, 0.3) is 0 Å². The van der Waals surface area contributed by atoms with Crippen molar-refractivity contribution in [2.45, 2.75) is 38.5 Å². The lowest BCUT2D eigenvalue weighted by Gasteiger charge is -2.24. The molecular weight excluding hydrogens is 475 g/mol. The summed E-state index contributed by atoms with van der Waals surface area (Å²) in [4.78, 5) is 0. The molecule has 0 aliphatic heterocycles. The van der Waals surface area contributed by atoms with Gasteiger partial charge in [0.2, 0.25) is 0 Å². The van der Waals surface area contributed by atoms with Crippen LogP contribution in [0.15, 0.2) is 103 Å². The fraction of sp³-hybridized carbons (Fsp3) is 0.167. The van der Waals surface area contributed by atoms with Crippen LogP contribution in [-0.4, -0.2) is 17.2 Å². The van der Waals surface area contributed by atoms with Crippen LogP contribution >= 0.6 is 0 Å². The van der Waals surface area contributed by atoms with Gasteiger partial charge in [0, 0.05) is 10.8 Å². The summed E-state index contributed by atoms with van der Waals surface area (Å²) in [7, 11) is -1.46. The molecule has 0 amide bonds. The van der Waals surface area contributed by atoms with Gasteiger partial charge in [0.15, 0.2) is 0 Å². The molecule has 0 saturated heterocycles. The molecule has 2 aliphatic rings. The van der Waals surface area contributed by atoms with Crippen LogP contribution in [0, 0.1) is 0 Å². The monoisotopic (exact) mass is 506 g/mol. The van der Waals surface area contributed by atoms with Crippen LogP contribution < -0.4 is 5.46 Å². The molecule has 7 rings (SSSR count). The van der Waals surface area contributed by atoms with Gasteiger partial charge in [-0.3, -0.25) is 0 Å². The van der Waals surface area contributed by atoms with Crippen molar-refractivity contribution in [1.82, 2.24) is 0 Å². The summed E-state index contributed by atoms with van der Waals surface area (Å²) in [6, 6.07) is 37.0. The fourth-order valence-electron chi connectivity index (χ4n) is 6.82. The second-order valence-corrected chi connectivity index (χ2v) is 12.1. The molecule has 2 nitrogen and oxygen atoms in total. The topological polar surface area (TPSA) is 40.5 Å². The fourth-order valence-corrected chi connectivity index (χ4v) is 6.82. The maximum Gasteiger partial charge on any atom is 0.488 e. The number of benzene rings is 5. The van der Waals surface area contributed by atoms with E-state index in [0.29, 0.717) is 5.46 Å². The summed E-state index contributed by atoms with van der Waals surface area (Å²) in [5, 5.41) is 19.5. The van der Waals surface area contributed by atoms with Crippen molar-refractivity contribution in [1.29, 1.82) is 0 Å². The van der Waals surface area contributed by atoms with Gasteiger partial charge < -0.3 is 10.0 Å². The van der Waals surface area contributed by atoms with Crippen molar-refractivity contribution in [2.75, 3.05) is 0 Å². The number of fused-ring (bicyclic) bond motifs is 6. The highest BCUT2D eigenvalue weighted by molar-refractivity contribution is 6.58. The van der Waals surface area contributed by atoms with Crippen LogP contribution in [0.3, 0.4) is 0 Å². The van der Waals surface area contributed by atoms with Crippen molar-refractivity contribution in [3.8, 4) is 44.5 Å². The van der Waals surface area contributed by atoms with E-state index >= 15 is 0 Å². The predicted octanol–water partition coefficient (Wildman–Crippen LogP) is 7.31. The SMILES string of the molecule is CC1(C)c2cc(B(O)O)ccc2-c2ccc(-c3ccc4c(c3)C(C)(C)c3cc(-c5ccccc5)ccc3-4)cc21. The predicted molar refractivity (Wildman–Crippen MR) is 162 cm³/mol. The lowest BCUT2D eigenvalue weighted by Crippen LogP contribution is -2.31. The Morgan fingerprint density at radius 2 is 0.821 bits per heavy atom. The first-order valence-electron chi connectivity index (χ1n) is 13.7. The minimum absolute atomic E-state index is 0.0980. The molecule has 0 radical (unpaired) electrons. The van der Waals surface area contributed by atoms with E-state index in [-0.39, 0.29) is 10.8 Å². The molecule has 0 atom stereocenters. The highest BCUT2D eigenvalue weighted by Gasteiger charge is 2.38. The second-order valence-electron chi connectivity index (χ2n) is 12.1. The molecule has 0 aromatic heterocycles. The van der Waals surface area contributed by atoms with E-state index in [1.165, 1.54) is 61.2 Å². The molecule has 0 heterocycles. The normalized spacial score (nSPS) is 15.3. The largest absolute Gasteiger partial charge is 0.488 e. The highest BCUT2D eigenvalue weighted by atomic mass is 16.4. The third kappa shape index (κ3) is 3.50. The molecule has 5 aromatic carbocycles. The lowest BCUT2D eigenvalue weighted by molar-refractivity contribution is 0.425. The molecular formula is C36H31BO2. The van der Waals surface area contributed by atoms with Crippen LogP contribution in [0.25, 0.3) is 44.5 Å². The molecule has 0 bridgehead atoms. The lowest BCUT2D eigenvalue weighted by atomic mass is 9.75. The number of hydrogen-bond donors (Lipinski definition) is 2. The van der Waals surface area contributed by atoms with Gasteiger partial charge in [-0.05, 0) is 90.4 Å². The van der Waals surface area contributed by atoms with E-state index in [9.17, 15) is 10.0 Å². The average Bonchev–Trinajstić information content (AvgIpc) is 3.32. The molecule has 39 heavy (non-hydrogen) atoms. The minimum Gasteiger partial charge on any atom is -0.423 e. The van der Waals surface area contributed by atoms with Crippen LogP contribution in [0.1, 0.15) is 49.9 Å². The zero-order valence-corrected chi connectivity index (χ0v) is 22.8. The van der Waals surface area contributed by atoms with Crippen molar-refractivity contribution >= 4 is 12.6 Å². The Bertz CT molecular complexity index is 1780. The van der Waals surface area contributed by atoms with Gasteiger partial charge in [0.1, 0.15) is 0 Å². The zero-order chi connectivity index (χ0) is 27.1. The summed E-state index contributed by atoms with van der Waals surface area (Å²) in [5.41, 5.74) is 15.3. The van der Waals surface area contributed by atoms with Crippen LogP contribution in [0.4, 0.5) is 0 Å². The van der Waals surface area contributed by atoms with E-state index in [4.69, 9.17) is 0 Å². The molecule has 0 saturated carbocycles. The number of rotatable bonds is 3. The zero-order valence-electron chi connectivity index (χ0n) is 22.8. The van der Waals surface area contributed by atoms with Crippen molar-refractivity contribution in [3.63, 3.8) is 0 Å². The summed E-state index contributed by atoms with van der Waals surface area (Å²) in [5.74, 6) is 0. The molecule has 0 fully saturated rings. The minimum atomic E-state index is -1.46. The standard InChI is InChI=1S/C36H31BO2/c1-35(2)31-18-23(22-8-6-5-7-9-22)10-14-27(31)28-15-11-24(19-32(28)35)25-12-16-29-30-17-13-26(37(38)39)21-34(30)36(3,4)33(29)20-25/h5-21,38-39H,1-4H3. The van der Waals surface area contributed by atoms with Gasteiger partial charge in [-0.25, -0.2) is 0 Å². The second kappa shape index (κ2) is 8.29. The third-order valence-electron chi connectivity index (χ3n) is 9.11. The molecule has 2 aliphatic carbocycles. The van der Waals surface area contributed by atoms with Gasteiger partial charge >= 0.3 is 7.12 Å². The molecule has 2 N–H and O–H groups in total. The van der Waals surface area contributed by atoms with Crippen molar-refractivity contribution in [2.24, 2.45) is 0 Å². The Morgan fingerprint density at radius 3 is 1.26 bits per heavy atom. The van der Waals surface area contributed by atoms with Gasteiger partial charge in [-0.1, -0.05) is 113 Å². The molecule has 5 aromatic rings. The molecule has 3 heteroatoms. The van der Waals surface area contributed by atoms with E-state index < -0.39 is 7.12 Å². The van der Waals surface area contributed by atoms with Crippen LogP contribution in [-0.2, 0) is 10.8 Å². The third-order valence-corrected chi connectivity index (χ3v) is 9.11. The van der Waals surface area contributed by atoms with Gasteiger partial charge in [-0.15, -0.1) is 0 Å². The molecule has 0 spiro atoms. The summed E-state index contributed by atoms with van der Waals surface area (Å²) in [6.07, 6.45) is 0. The van der Waals surface area contributed by atoms with Crippen molar-refractivity contribution in [3.05, 3.63) is 125 Å². The van der Waals surface area contributed by atoms with E-state index in [0.717, 1.165) is 5.56 Å².